The first-order valence-electron chi connectivity index (χ1n) is 6.33. The summed E-state index contributed by atoms with van der Waals surface area (Å²) in [6.07, 6.45) is 2.49. The molecule has 19 heavy (non-hydrogen) atoms. The highest BCUT2D eigenvalue weighted by Crippen LogP contribution is 2.19. The predicted molar refractivity (Wildman–Crippen MR) is 74.9 cm³/mol. The fraction of sp³-hybridized carbons (Fsp3) is 0.429. The van der Waals surface area contributed by atoms with E-state index in [-0.39, 0.29) is 11.4 Å². The van der Waals surface area contributed by atoms with Crippen molar-refractivity contribution in [2.75, 3.05) is 6.54 Å². The van der Waals surface area contributed by atoms with Crippen molar-refractivity contribution >= 4 is 10.0 Å². The maximum Gasteiger partial charge on any atom is 0.241 e. The Morgan fingerprint density at radius 3 is 2.53 bits per heavy atom. The van der Waals surface area contributed by atoms with E-state index in [0.717, 1.165) is 12.1 Å². The molecule has 1 aliphatic rings. The second-order valence-electron chi connectivity index (χ2n) is 4.55. The Labute approximate surface area is 114 Å². The van der Waals surface area contributed by atoms with Crippen LogP contribution in [0.1, 0.15) is 25.3 Å². The molecule has 4 nitrogen and oxygen atoms in total. The van der Waals surface area contributed by atoms with Gasteiger partial charge < -0.3 is 5.32 Å². The summed E-state index contributed by atoms with van der Waals surface area (Å²) in [5.41, 5.74) is 1.10. The molecule has 102 valence electrons. The largest absolute Gasteiger partial charge is 0.310 e. The molecule has 1 saturated carbocycles. The molecule has 0 heterocycles. The lowest BCUT2D eigenvalue weighted by molar-refractivity contribution is 0.586. The normalized spacial score (nSPS) is 14.8. The molecule has 2 N–H and O–H groups in total. The van der Waals surface area contributed by atoms with Crippen molar-refractivity contribution in [3.63, 3.8) is 0 Å². The van der Waals surface area contributed by atoms with Crippen LogP contribution in [0.3, 0.4) is 0 Å². The van der Waals surface area contributed by atoms with Crippen LogP contribution in [0.2, 0.25) is 0 Å². The van der Waals surface area contributed by atoms with E-state index < -0.39 is 10.0 Å². The van der Waals surface area contributed by atoms with E-state index >= 15 is 0 Å². The SMILES string of the molecule is CC#CCNS(=O)(=O)c1ccc(CNC2CC2)cc1. The monoisotopic (exact) mass is 278 g/mol. The molecule has 2 rings (SSSR count). The Bertz CT molecular complexity index is 578. The third kappa shape index (κ3) is 4.35. The highest BCUT2D eigenvalue weighted by molar-refractivity contribution is 7.89. The van der Waals surface area contributed by atoms with E-state index in [9.17, 15) is 8.42 Å². The molecule has 0 spiro atoms. The summed E-state index contributed by atoms with van der Waals surface area (Å²) < 4.78 is 26.2. The zero-order valence-corrected chi connectivity index (χ0v) is 11.8. The molecule has 0 amide bonds. The minimum atomic E-state index is -3.44. The molecular weight excluding hydrogens is 260 g/mol. The number of sulfonamides is 1. The van der Waals surface area contributed by atoms with Crippen molar-refractivity contribution in [2.45, 2.75) is 37.2 Å². The third-order valence-corrected chi connectivity index (χ3v) is 4.35. The van der Waals surface area contributed by atoms with Gasteiger partial charge >= 0.3 is 0 Å². The fourth-order valence-corrected chi connectivity index (χ4v) is 2.56. The van der Waals surface area contributed by atoms with Gasteiger partial charge in [-0.15, -0.1) is 5.92 Å². The third-order valence-electron chi connectivity index (χ3n) is 2.93. The van der Waals surface area contributed by atoms with E-state index in [1.165, 1.54) is 12.8 Å². The second kappa shape index (κ2) is 6.20. The zero-order valence-electron chi connectivity index (χ0n) is 10.9. The van der Waals surface area contributed by atoms with Gasteiger partial charge in [0.2, 0.25) is 10.0 Å². The van der Waals surface area contributed by atoms with Gasteiger partial charge in [-0.2, -0.15) is 4.72 Å². The molecule has 1 aromatic carbocycles. The van der Waals surface area contributed by atoms with Crippen molar-refractivity contribution in [1.82, 2.24) is 10.0 Å². The van der Waals surface area contributed by atoms with Crippen molar-refractivity contribution in [1.29, 1.82) is 0 Å². The summed E-state index contributed by atoms with van der Waals surface area (Å²) >= 11 is 0. The number of hydrogen-bond donors (Lipinski definition) is 2. The van der Waals surface area contributed by atoms with Crippen molar-refractivity contribution in [2.24, 2.45) is 0 Å². The standard InChI is InChI=1S/C14H18N2O2S/c1-2-3-10-16-19(17,18)14-8-4-12(5-9-14)11-15-13-6-7-13/h4-5,8-9,13,15-16H,6-7,10-11H2,1H3. The summed E-state index contributed by atoms with van der Waals surface area (Å²) in [6, 6.07) is 7.60. The Hall–Kier alpha value is -1.35. The second-order valence-corrected chi connectivity index (χ2v) is 6.32. The summed E-state index contributed by atoms with van der Waals surface area (Å²) in [7, 11) is -3.44. The van der Waals surface area contributed by atoms with E-state index in [4.69, 9.17) is 0 Å². The van der Waals surface area contributed by atoms with E-state index in [1.54, 1.807) is 19.1 Å². The molecule has 0 aliphatic heterocycles. The van der Waals surface area contributed by atoms with Gasteiger partial charge in [-0.05, 0) is 37.5 Å². The van der Waals surface area contributed by atoms with Gasteiger partial charge in [0, 0.05) is 12.6 Å². The molecule has 0 bridgehead atoms. The highest BCUT2D eigenvalue weighted by atomic mass is 32.2. The van der Waals surface area contributed by atoms with Crippen LogP contribution >= 0.6 is 0 Å². The first-order chi connectivity index (χ1) is 9.12. The number of nitrogens with one attached hydrogen (secondary N) is 2. The Balaban J connectivity index is 1.96. The molecule has 0 unspecified atom stereocenters. The lowest BCUT2D eigenvalue weighted by atomic mass is 10.2. The van der Waals surface area contributed by atoms with E-state index in [1.807, 2.05) is 12.1 Å². The minimum absolute atomic E-state index is 0.143. The number of rotatable bonds is 6. The molecule has 0 radical (unpaired) electrons. The van der Waals surface area contributed by atoms with Crippen LogP contribution in [0.15, 0.2) is 29.2 Å². The van der Waals surface area contributed by atoms with E-state index in [0.29, 0.717) is 6.04 Å². The van der Waals surface area contributed by atoms with Crippen LogP contribution in [0, 0.1) is 11.8 Å². The maximum atomic E-state index is 11.9. The van der Waals surface area contributed by atoms with Gasteiger partial charge in [0.25, 0.3) is 0 Å². The van der Waals surface area contributed by atoms with Gasteiger partial charge in [-0.1, -0.05) is 18.1 Å². The average molecular weight is 278 g/mol. The highest BCUT2D eigenvalue weighted by Gasteiger charge is 2.20. The Kier molecular flexibility index (Phi) is 4.59. The van der Waals surface area contributed by atoms with Crippen LogP contribution in [0.5, 0.6) is 0 Å². The molecule has 1 aliphatic carbocycles. The zero-order chi connectivity index (χ0) is 13.7. The first-order valence-corrected chi connectivity index (χ1v) is 7.82. The maximum absolute atomic E-state index is 11.9. The number of benzene rings is 1. The summed E-state index contributed by atoms with van der Waals surface area (Å²) in [4.78, 5) is 0.278. The Morgan fingerprint density at radius 2 is 1.95 bits per heavy atom. The minimum Gasteiger partial charge on any atom is -0.310 e. The number of hydrogen-bond acceptors (Lipinski definition) is 3. The van der Waals surface area contributed by atoms with Crippen LogP contribution in [0.25, 0.3) is 0 Å². The van der Waals surface area contributed by atoms with Crippen LogP contribution in [-0.2, 0) is 16.6 Å². The smallest absolute Gasteiger partial charge is 0.241 e. The fourth-order valence-electron chi connectivity index (χ4n) is 1.64. The quantitative estimate of drug-likeness (QED) is 0.770. The van der Waals surface area contributed by atoms with E-state index in [2.05, 4.69) is 21.9 Å². The molecule has 1 fully saturated rings. The van der Waals surface area contributed by atoms with Gasteiger partial charge in [-0.25, -0.2) is 8.42 Å². The molecule has 1 aromatic rings. The van der Waals surface area contributed by atoms with Gasteiger partial charge in [0.05, 0.1) is 11.4 Å². The molecule has 5 heteroatoms. The van der Waals surface area contributed by atoms with Crippen LogP contribution < -0.4 is 10.0 Å². The summed E-state index contributed by atoms with van der Waals surface area (Å²) in [5.74, 6) is 5.32. The topological polar surface area (TPSA) is 58.2 Å². The summed E-state index contributed by atoms with van der Waals surface area (Å²) in [5, 5.41) is 3.39. The first kappa shape index (κ1) is 14.1. The van der Waals surface area contributed by atoms with Gasteiger partial charge in [0.15, 0.2) is 0 Å². The van der Waals surface area contributed by atoms with Crippen molar-refractivity contribution in [3.05, 3.63) is 29.8 Å². The lowest BCUT2D eigenvalue weighted by Gasteiger charge is -2.06. The van der Waals surface area contributed by atoms with Crippen molar-refractivity contribution in [3.8, 4) is 11.8 Å². The predicted octanol–water partition coefficient (Wildman–Crippen LogP) is 1.24. The Morgan fingerprint density at radius 1 is 1.26 bits per heavy atom. The van der Waals surface area contributed by atoms with Gasteiger partial charge in [-0.3, -0.25) is 0 Å². The van der Waals surface area contributed by atoms with Gasteiger partial charge in [0.1, 0.15) is 0 Å². The van der Waals surface area contributed by atoms with Crippen molar-refractivity contribution < 1.29 is 8.42 Å². The summed E-state index contributed by atoms with van der Waals surface area (Å²) in [6.45, 7) is 2.61. The molecule has 0 saturated heterocycles. The lowest BCUT2D eigenvalue weighted by Crippen LogP contribution is -2.24. The molecule has 0 aromatic heterocycles. The molecule has 0 atom stereocenters. The van der Waals surface area contributed by atoms with Crippen LogP contribution in [-0.4, -0.2) is 21.0 Å². The average Bonchev–Trinajstić information content (AvgIpc) is 3.21. The van der Waals surface area contributed by atoms with Crippen LogP contribution in [0.4, 0.5) is 0 Å². The molecular formula is C14H18N2O2S.